The summed E-state index contributed by atoms with van der Waals surface area (Å²) < 4.78 is 19.5. The van der Waals surface area contributed by atoms with Crippen molar-refractivity contribution in [2.45, 2.75) is 24.2 Å². The maximum Gasteiger partial charge on any atom is 0.351 e. The van der Waals surface area contributed by atoms with E-state index in [0.717, 1.165) is 10.8 Å². The number of nitrogens with zero attached hydrogens (tertiary/aromatic N) is 2. The molecule has 1 aromatic heterocycles. The number of aliphatic hydroxyl groups excluding tert-OH is 2. The minimum atomic E-state index is -1.79. The number of carboxylic acid groups (broad SMARTS) is 2. The molecule has 2 rings (SSSR count). The van der Waals surface area contributed by atoms with Crippen molar-refractivity contribution in [1.29, 1.82) is 0 Å². The van der Waals surface area contributed by atoms with E-state index < -0.39 is 53.5 Å². The molecule has 1 fully saturated rings. The Bertz CT molecular complexity index is 685. The van der Waals surface area contributed by atoms with Crippen LogP contribution in [-0.2, 0) is 14.3 Å². The van der Waals surface area contributed by atoms with Gasteiger partial charge in [-0.2, -0.15) is 4.98 Å². The summed E-state index contributed by atoms with van der Waals surface area (Å²) in [5, 5.41) is 33.0. The molecule has 1 saturated heterocycles. The minimum Gasteiger partial charge on any atom is -0.481 e. The molecule has 0 amide bonds. The van der Waals surface area contributed by atoms with Crippen molar-refractivity contribution < 1.29 is 39.1 Å². The number of carbonyl (C=O) groups is 2. The van der Waals surface area contributed by atoms with Gasteiger partial charge in [0.1, 0.15) is 11.7 Å². The van der Waals surface area contributed by atoms with Gasteiger partial charge in [0.2, 0.25) is 0 Å². The molecule has 11 nitrogen and oxygen atoms in total. The van der Waals surface area contributed by atoms with Crippen molar-refractivity contribution in [3.63, 3.8) is 0 Å². The molecular weight excluding hydrogens is 365 g/mol. The highest BCUT2D eigenvalue weighted by atomic mass is 32.2. The lowest BCUT2D eigenvalue weighted by molar-refractivity contribution is -0.152. The van der Waals surface area contributed by atoms with Crippen LogP contribution in [0.15, 0.2) is 11.0 Å². The third-order valence-corrected chi connectivity index (χ3v) is 3.89. The molecule has 2 heterocycles. The molecule has 13 heteroatoms. The molecule has 6 N–H and O–H groups in total. The number of aliphatic carboxylic acids is 2. The largest absolute Gasteiger partial charge is 0.481 e. The fourth-order valence-electron chi connectivity index (χ4n) is 1.60. The van der Waals surface area contributed by atoms with Gasteiger partial charge < -0.3 is 30.9 Å². The van der Waals surface area contributed by atoms with Gasteiger partial charge in [-0.25, -0.2) is 14.0 Å². The molecule has 0 aromatic carbocycles. The van der Waals surface area contributed by atoms with Crippen molar-refractivity contribution >= 4 is 29.5 Å². The Balaban J connectivity index is 0.000000299. The number of nitrogens with two attached hydrogens (primary N) is 1. The Kier molecular flexibility index (Phi) is 7.76. The highest BCUT2D eigenvalue weighted by Gasteiger charge is 2.28. The van der Waals surface area contributed by atoms with Crippen LogP contribution in [0.1, 0.15) is 12.6 Å². The molecule has 0 saturated carbocycles. The second-order valence-corrected chi connectivity index (χ2v) is 5.84. The Hall–Kier alpha value is -2.22. The quantitative estimate of drug-likeness (QED) is 0.397. The number of hydrogen-bond donors (Lipinski definition) is 5. The summed E-state index contributed by atoms with van der Waals surface area (Å²) in [6.45, 7) is -0.152. The van der Waals surface area contributed by atoms with Crippen LogP contribution in [0.5, 0.6) is 0 Å². The molecule has 1 aliphatic heterocycles. The van der Waals surface area contributed by atoms with Gasteiger partial charge in [0.05, 0.1) is 19.2 Å². The summed E-state index contributed by atoms with van der Waals surface area (Å²) >= 11 is 1.35. The predicted molar refractivity (Wildman–Crippen MR) is 82.2 cm³/mol. The van der Waals surface area contributed by atoms with Crippen molar-refractivity contribution in [3.05, 3.63) is 22.5 Å². The second-order valence-electron chi connectivity index (χ2n) is 4.65. The Morgan fingerprint density at radius 2 is 2.16 bits per heavy atom. The van der Waals surface area contributed by atoms with E-state index in [9.17, 15) is 18.8 Å². The molecule has 140 valence electrons. The molecule has 0 aliphatic carbocycles. The van der Waals surface area contributed by atoms with E-state index in [1.807, 2.05) is 0 Å². The van der Waals surface area contributed by atoms with Crippen molar-refractivity contribution in [3.8, 4) is 0 Å². The van der Waals surface area contributed by atoms with Crippen LogP contribution in [0.2, 0.25) is 0 Å². The van der Waals surface area contributed by atoms with Crippen LogP contribution in [-0.4, -0.2) is 65.8 Å². The summed E-state index contributed by atoms with van der Waals surface area (Å²) in [7, 11) is 0. The molecule has 1 aliphatic rings. The van der Waals surface area contributed by atoms with E-state index in [1.165, 1.54) is 11.8 Å². The maximum atomic E-state index is 13.1. The average molecular weight is 381 g/mol. The first-order valence-electron chi connectivity index (χ1n) is 6.70. The number of halogens is 1. The summed E-state index contributed by atoms with van der Waals surface area (Å²) in [4.78, 5) is 34.2. The van der Waals surface area contributed by atoms with Crippen molar-refractivity contribution in [2.24, 2.45) is 0 Å². The zero-order valence-electron chi connectivity index (χ0n) is 12.6. The standard InChI is InChI=1S/C8H10FN3O3S.C4H6O5/c9-4-1-12(8(14)11-7(4)10)5-3-16-6(2-13)15-5;5-2(4(8)9)1-3(6)7/h1,5-6,13H,2-3H2,(H2,10,11,14);2,5H,1H2,(H,6,7)(H,8,9)/t5-,6+;/m0./s1. The van der Waals surface area contributed by atoms with Gasteiger partial charge in [-0.1, -0.05) is 0 Å². The van der Waals surface area contributed by atoms with E-state index in [-0.39, 0.29) is 6.61 Å². The first kappa shape index (κ1) is 20.8. The summed E-state index contributed by atoms with van der Waals surface area (Å²) in [6, 6.07) is 0. The summed E-state index contributed by atoms with van der Waals surface area (Å²) in [5.41, 5.74) is 4.10. The van der Waals surface area contributed by atoms with Gasteiger partial charge in [-0.15, -0.1) is 11.8 Å². The predicted octanol–water partition coefficient (Wildman–Crippen LogP) is -1.55. The third-order valence-electron chi connectivity index (χ3n) is 2.78. The lowest BCUT2D eigenvalue weighted by Gasteiger charge is -2.13. The molecular formula is C12H16FN3O8S. The number of ether oxygens (including phenoxy) is 1. The molecule has 0 bridgehead atoms. The van der Waals surface area contributed by atoms with Gasteiger partial charge in [-0.05, 0) is 0 Å². The monoisotopic (exact) mass is 381 g/mol. The number of carboxylic acids is 2. The number of aromatic nitrogens is 2. The van der Waals surface area contributed by atoms with Gasteiger partial charge in [0.25, 0.3) is 0 Å². The molecule has 0 radical (unpaired) electrons. The molecule has 1 aromatic rings. The number of hydrogen-bond acceptors (Lipinski definition) is 9. The Morgan fingerprint density at radius 1 is 1.52 bits per heavy atom. The van der Waals surface area contributed by atoms with E-state index in [1.54, 1.807) is 0 Å². The van der Waals surface area contributed by atoms with Crippen LogP contribution >= 0.6 is 11.8 Å². The van der Waals surface area contributed by atoms with Crippen LogP contribution in [0.25, 0.3) is 0 Å². The first-order valence-corrected chi connectivity index (χ1v) is 7.75. The lowest BCUT2D eigenvalue weighted by atomic mass is 10.3. The van der Waals surface area contributed by atoms with Crippen LogP contribution < -0.4 is 11.4 Å². The van der Waals surface area contributed by atoms with E-state index >= 15 is 0 Å². The van der Waals surface area contributed by atoms with Crippen LogP contribution in [0.4, 0.5) is 10.2 Å². The number of rotatable bonds is 5. The summed E-state index contributed by atoms with van der Waals surface area (Å²) in [6.07, 6.45) is -2.19. The Morgan fingerprint density at radius 3 is 2.60 bits per heavy atom. The maximum absolute atomic E-state index is 13.1. The molecule has 3 atom stereocenters. The first-order chi connectivity index (χ1) is 11.6. The number of anilines is 1. The van der Waals surface area contributed by atoms with Gasteiger partial charge >= 0.3 is 17.6 Å². The van der Waals surface area contributed by atoms with Crippen molar-refractivity contribution in [2.75, 3.05) is 18.1 Å². The van der Waals surface area contributed by atoms with E-state index in [2.05, 4.69) is 4.98 Å². The van der Waals surface area contributed by atoms with Crippen LogP contribution in [0.3, 0.4) is 0 Å². The lowest BCUT2D eigenvalue weighted by Crippen LogP contribution is -2.29. The molecule has 0 spiro atoms. The van der Waals surface area contributed by atoms with Gasteiger partial charge in [0, 0.05) is 5.75 Å². The third kappa shape index (κ3) is 6.30. The van der Waals surface area contributed by atoms with Gasteiger partial charge in [-0.3, -0.25) is 9.36 Å². The van der Waals surface area contributed by atoms with Crippen LogP contribution in [0, 0.1) is 5.82 Å². The number of aliphatic hydroxyl groups is 2. The fourth-order valence-corrected chi connectivity index (χ4v) is 2.53. The van der Waals surface area contributed by atoms with E-state index in [0.29, 0.717) is 5.75 Å². The highest BCUT2D eigenvalue weighted by molar-refractivity contribution is 8.00. The number of thioether (sulfide) groups is 1. The normalized spacial score (nSPS) is 20.4. The topological polar surface area (TPSA) is 185 Å². The van der Waals surface area contributed by atoms with Crippen molar-refractivity contribution in [1.82, 2.24) is 9.55 Å². The van der Waals surface area contributed by atoms with E-state index in [4.69, 9.17) is 30.9 Å². The number of nitrogen functional groups attached to an aromatic ring is 1. The SMILES string of the molecule is Nc1nc(=O)n([C@@H]2CS[C@H](CO)O2)cc1F.O=C(O)CC(O)C(=O)O. The van der Waals surface area contributed by atoms with Gasteiger partial charge in [0.15, 0.2) is 17.7 Å². The zero-order valence-corrected chi connectivity index (χ0v) is 13.4. The fraction of sp³-hybridized carbons (Fsp3) is 0.500. The zero-order chi connectivity index (χ0) is 19.1. The molecule has 25 heavy (non-hydrogen) atoms. The minimum absolute atomic E-state index is 0.152. The second kappa shape index (κ2) is 9.31. The smallest absolute Gasteiger partial charge is 0.351 e. The average Bonchev–Trinajstić information content (AvgIpc) is 2.99. The summed E-state index contributed by atoms with van der Waals surface area (Å²) in [5.74, 6) is -3.58. The Labute approximate surface area is 143 Å². The molecule has 1 unspecified atom stereocenters. The highest BCUT2D eigenvalue weighted by Crippen LogP contribution is 2.30.